The Morgan fingerprint density at radius 2 is 1.90 bits per heavy atom. The number of amidine groups is 1. The van der Waals surface area contributed by atoms with E-state index in [1.54, 1.807) is 11.8 Å². The summed E-state index contributed by atoms with van der Waals surface area (Å²) in [6, 6.07) is 12.0. The van der Waals surface area contributed by atoms with Gasteiger partial charge in [0.15, 0.2) is 5.84 Å². The van der Waals surface area contributed by atoms with Crippen LogP contribution in [-0.2, 0) is 0 Å². The lowest BCUT2D eigenvalue weighted by molar-refractivity contribution is 0.318. The van der Waals surface area contributed by atoms with Gasteiger partial charge in [0.05, 0.1) is 0 Å². The molecule has 0 radical (unpaired) electrons. The summed E-state index contributed by atoms with van der Waals surface area (Å²) < 4.78 is 0.958. The van der Waals surface area contributed by atoms with E-state index in [1.165, 1.54) is 11.1 Å². The van der Waals surface area contributed by atoms with Crippen molar-refractivity contribution >= 4 is 33.5 Å². The molecule has 0 aromatic heterocycles. The van der Waals surface area contributed by atoms with E-state index in [2.05, 4.69) is 53.1 Å². The van der Waals surface area contributed by atoms with Crippen LogP contribution in [0, 0.1) is 13.8 Å². The van der Waals surface area contributed by atoms with Crippen molar-refractivity contribution in [1.29, 1.82) is 0 Å². The first kappa shape index (κ1) is 14.9. The van der Waals surface area contributed by atoms with Crippen molar-refractivity contribution in [2.24, 2.45) is 10.9 Å². The van der Waals surface area contributed by atoms with E-state index in [9.17, 15) is 0 Å². The first-order valence-corrected chi connectivity index (χ1v) is 7.65. The van der Waals surface area contributed by atoms with Gasteiger partial charge in [-0.3, -0.25) is 0 Å². The van der Waals surface area contributed by atoms with E-state index < -0.39 is 0 Å². The van der Waals surface area contributed by atoms with E-state index in [1.807, 2.05) is 18.2 Å². The van der Waals surface area contributed by atoms with Gasteiger partial charge in [0, 0.05) is 19.8 Å². The monoisotopic (exact) mass is 350 g/mol. The van der Waals surface area contributed by atoms with Gasteiger partial charge in [-0.1, -0.05) is 50.5 Å². The zero-order chi connectivity index (χ0) is 14.7. The number of aryl methyl sites for hydroxylation is 2. The van der Waals surface area contributed by atoms with E-state index in [0.717, 1.165) is 19.8 Å². The maximum atomic E-state index is 8.88. The Labute approximate surface area is 131 Å². The average Bonchev–Trinajstić information content (AvgIpc) is 2.41. The first-order valence-electron chi connectivity index (χ1n) is 6.04. The minimum Gasteiger partial charge on any atom is -0.409 e. The predicted octanol–water partition coefficient (Wildman–Crippen LogP) is 4.31. The van der Waals surface area contributed by atoms with Gasteiger partial charge in [-0.25, -0.2) is 0 Å². The molecule has 0 bridgehead atoms. The fourth-order valence-electron chi connectivity index (χ4n) is 1.88. The third kappa shape index (κ3) is 3.35. The molecule has 0 unspecified atom stereocenters. The van der Waals surface area contributed by atoms with Crippen molar-refractivity contribution in [3.63, 3.8) is 0 Å². The molecule has 0 amide bonds. The average molecular weight is 351 g/mol. The molecule has 3 N–H and O–H groups in total. The van der Waals surface area contributed by atoms with Gasteiger partial charge < -0.3 is 10.9 Å². The second-order valence-corrected chi connectivity index (χ2v) is 6.50. The zero-order valence-electron chi connectivity index (χ0n) is 11.2. The summed E-state index contributed by atoms with van der Waals surface area (Å²) in [4.78, 5) is 2.10. The van der Waals surface area contributed by atoms with Gasteiger partial charge in [-0.15, -0.1) is 0 Å². The fraction of sp³-hybridized carbons (Fsp3) is 0.133. The van der Waals surface area contributed by atoms with Crippen LogP contribution in [0.3, 0.4) is 0 Å². The maximum Gasteiger partial charge on any atom is 0.171 e. The summed E-state index contributed by atoms with van der Waals surface area (Å²) in [5, 5.41) is 12.0. The predicted molar refractivity (Wildman–Crippen MR) is 86.7 cm³/mol. The summed E-state index contributed by atoms with van der Waals surface area (Å²) >= 11 is 5.06. The molecule has 5 heteroatoms. The molecule has 0 aliphatic heterocycles. The lowest BCUT2D eigenvalue weighted by Gasteiger charge is -2.11. The summed E-state index contributed by atoms with van der Waals surface area (Å²) in [7, 11) is 0. The van der Waals surface area contributed by atoms with Crippen LogP contribution in [0.4, 0.5) is 0 Å². The molecule has 0 saturated carbocycles. The molecule has 0 atom stereocenters. The molecule has 20 heavy (non-hydrogen) atoms. The molecule has 0 aliphatic rings. The Bertz CT molecular complexity index is 671. The molecule has 0 saturated heterocycles. The van der Waals surface area contributed by atoms with Crippen LogP contribution in [0.1, 0.15) is 16.7 Å². The summed E-state index contributed by atoms with van der Waals surface area (Å²) in [6.07, 6.45) is 0. The molecular weight excluding hydrogens is 336 g/mol. The van der Waals surface area contributed by atoms with E-state index in [4.69, 9.17) is 10.9 Å². The number of benzene rings is 2. The normalized spacial score (nSPS) is 11.7. The van der Waals surface area contributed by atoms with E-state index in [-0.39, 0.29) is 5.84 Å². The molecule has 104 valence electrons. The number of oxime groups is 1. The van der Waals surface area contributed by atoms with Crippen molar-refractivity contribution in [2.75, 3.05) is 0 Å². The van der Waals surface area contributed by atoms with Gasteiger partial charge in [-0.2, -0.15) is 0 Å². The number of nitrogens with two attached hydrogens (primary N) is 1. The Morgan fingerprint density at radius 3 is 2.55 bits per heavy atom. The van der Waals surface area contributed by atoms with Crippen molar-refractivity contribution in [1.82, 2.24) is 0 Å². The highest BCUT2D eigenvalue weighted by molar-refractivity contribution is 9.10. The highest BCUT2D eigenvalue weighted by Gasteiger charge is 2.10. The number of nitrogens with zero attached hydrogens (tertiary/aromatic N) is 1. The molecule has 0 heterocycles. The number of halogens is 1. The van der Waals surface area contributed by atoms with Crippen molar-refractivity contribution in [3.8, 4) is 0 Å². The Hall–Kier alpha value is -1.46. The molecule has 2 rings (SSSR count). The third-order valence-electron chi connectivity index (χ3n) is 2.88. The summed E-state index contributed by atoms with van der Waals surface area (Å²) in [5.41, 5.74) is 8.90. The van der Waals surface area contributed by atoms with Gasteiger partial charge in [0.2, 0.25) is 0 Å². The highest BCUT2D eigenvalue weighted by Crippen LogP contribution is 2.34. The first-order chi connectivity index (χ1) is 9.51. The lowest BCUT2D eigenvalue weighted by atomic mass is 10.2. The Morgan fingerprint density at radius 1 is 1.15 bits per heavy atom. The SMILES string of the molecule is Cc1ccc(Sc2cc(Br)ccc2/C(N)=N/O)c(C)c1. The number of hydrogen-bond acceptors (Lipinski definition) is 3. The van der Waals surface area contributed by atoms with E-state index in [0.29, 0.717) is 0 Å². The van der Waals surface area contributed by atoms with Gasteiger partial charge >= 0.3 is 0 Å². The van der Waals surface area contributed by atoms with Crippen molar-refractivity contribution < 1.29 is 5.21 Å². The molecule has 2 aromatic carbocycles. The molecule has 3 nitrogen and oxygen atoms in total. The topological polar surface area (TPSA) is 58.6 Å². The molecule has 2 aromatic rings. The second kappa shape index (κ2) is 6.33. The van der Waals surface area contributed by atoms with Crippen LogP contribution in [0.2, 0.25) is 0 Å². The quantitative estimate of drug-likeness (QED) is 0.375. The van der Waals surface area contributed by atoms with Crippen LogP contribution in [0.15, 0.2) is 55.8 Å². The van der Waals surface area contributed by atoms with E-state index >= 15 is 0 Å². The number of rotatable bonds is 3. The van der Waals surface area contributed by atoms with Crippen molar-refractivity contribution in [3.05, 3.63) is 57.6 Å². The standard InChI is InChI=1S/C15H15BrN2OS/c1-9-3-6-13(10(2)7-9)20-14-8-11(16)4-5-12(14)15(17)18-19/h3-8,19H,1-2H3,(H2,17,18). The second-order valence-electron chi connectivity index (χ2n) is 4.50. The van der Waals surface area contributed by atoms with Crippen LogP contribution in [0.5, 0.6) is 0 Å². The van der Waals surface area contributed by atoms with Crippen molar-refractivity contribution in [2.45, 2.75) is 23.6 Å². The number of hydrogen-bond donors (Lipinski definition) is 2. The Kier molecular flexibility index (Phi) is 4.73. The van der Waals surface area contributed by atoms with Gasteiger partial charge in [0.25, 0.3) is 0 Å². The smallest absolute Gasteiger partial charge is 0.171 e. The molecule has 0 spiro atoms. The fourth-order valence-corrected chi connectivity index (χ4v) is 3.45. The summed E-state index contributed by atoms with van der Waals surface area (Å²) in [5.74, 6) is 0.116. The van der Waals surface area contributed by atoms with Crippen LogP contribution < -0.4 is 5.73 Å². The summed E-state index contributed by atoms with van der Waals surface area (Å²) in [6.45, 7) is 4.15. The zero-order valence-corrected chi connectivity index (χ0v) is 13.6. The van der Waals surface area contributed by atoms with Crippen LogP contribution in [0.25, 0.3) is 0 Å². The van der Waals surface area contributed by atoms with Gasteiger partial charge in [0.1, 0.15) is 0 Å². The highest BCUT2D eigenvalue weighted by atomic mass is 79.9. The Balaban J connectivity index is 2.44. The maximum absolute atomic E-state index is 8.88. The van der Waals surface area contributed by atoms with Crippen LogP contribution >= 0.6 is 27.7 Å². The van der Waals surface area contributed by atoms with Gasteiger partial charge in [-0.05, 0) is 43.7 Å². The minimum atomic E-state index is 0.116. The minimum absolute atomic E-state index is 0.116. The lowest BCUT2D eigenvalue weighted by Crippen LogP contribution is -2.14. The largest absolute Gasteiger partial charge is 0.409 e. The molecule has 0 fully saturated rings. The third-order valence-corrected chi connectivity index (χ3v) is 4.61. The molecule has 0 aliphatic carbocycles. The molecular formula is C15H15BrN2OS. The van der Waals surface area contributed by atoms with Crippen LogP contribution in [-0.4, -0.2) is 11.0 Å².